The smallest absolute Gasteiger partial charge is 0.416 e. The van der Waals surface area contributed by atoms with Crippen LogP contribution >= 0.6 is 0 Å². The number of amides is 1. The van der Waals surface area contributed by atoms with Gasteiger partial charge in [-0.25, -0.2) is 6.57 Å². The van der Waals surface area contributed by atoms with Crippen LogP contribution in [0.3, 0.4) is 0 Å². The van der Waals surface area contributed by atoms with E-state index in [0.717, 1.165) is 36.4 Å². The maximum atomic E-state index is 13.0. The molecule has 2 saturated heterocycles. The number of carbonyl (C=O) groups is 1. The average Bonchev–Trinajstić information content (AvgIpc) is 3.44. The van der Waals surface area contributed by atoms with E-state index in [1.807, 2.05) is 11.0 Å². The standard InChI is InChI=1S/C27H30F3N3O2/c1-17-18(2)25(35-13-5-12-31-4)11-10-24(17)19(3)32-15-23-14-22(32)16-33(23)26(34)20-6-8-21(9-7-20)27(28,29)30/h6-11,19,22-23H,5,12-16H2,1-3H3/t19-,22+,23+/m0/s1. The van der Waals surface area contributed by atoms with E-state index in [-0.39, 0.29) is 24.0 Å². The van der Waals surface area contributed by atoms with Crippen molar-refractivity contribution < 1.29 is 22.7 Å². The second kappa shape index (κ2) is 9.90. The second-order valence-electron chi connectivity index (χ2n) is 9.44. The number of ether oxygens (including phenoxy) is 1. The number of benzene rings is 2. The van der Waals surface area contributed by atoms with Gasteiger partial charge in [0, 0.05) is 36.8 Å². The molecule has 0 aliphatic carbocycles. The fourth-order valence-corrected chi connectivity index (χ4v) is 5.32. The Morgan fingerprint density at radius 1 is 1.11 bits per heavy atom. The number of alkyl halides is 3. The van der Waals surface area contributed by atoms with E-state index < -0.39 is 11.7 Å². The first-order valence-electron chi connectivity index (χ1n) is 11.9. The zero-order valence-corrected chi connectivity index (χ0v) is 20.2. The molecule has 0 saturated carbocycles. The minimum absolute atomic E-state index is 0.0590. The summed E-state index contributed by atoms with van der Waals surface area (Å²) in [6, 6.07) is 9.04. The summed E-state index contributed by atoms with van der Waals surface area (Å²) in [5.41, 5.74) is 3.05. The Bertz CT molecular complexity index is 1120. The second-order valence-corrected chi connectivity index (χ2v) is 9.44. The Morgan fingerprint density at radius 3 is 2.43 bits per heavy atom. The molecule has 0 N–H and O–H groups in total. The number of nitrogens with zero attached hydrogens (tertiary/aromatic N) is 3. The maximum Gasteiger partial charge on any atom is 0.416 e. The van der Waals surface area contributed by atoms with Crippen molar-refractivity contribution in [2.75, 3.05) is 26.2 Å². The molecular weight excluding hydrogens is 455 g/mol. The number of rotatable bonds is 7. The quantitative estimate of drug-likeness (QED) is 0.375. The molecular formula is C27H30F3N3O2. The minimum atomic E-state index is -4.41. The number of hydrogen-bond donors (Lipinski definition) is 0. The summed E-state index contributed by atoms with van der Waals surface area (Å²) >= 11 is 0. The zero-order valence-electron chi connectivity index (χ0n) is 20.2. The van der Waals surface area contributed by atoms with Crippen LogP contribution < -0.4 is 4.74 Å². The molecule has 0 spiro atoms. The van der Waals surface area contributed by atoms with E-state index in [1.165, 1.54) is 23.3 Å². The van der Waals surface area contributed by atoms with Gasteiger partial charge in [0.05, 0.1) is 18.6 Å². The predicted molar refractivity (Wildman–Crippen MR) is 127 cm³/mol. The molecule has 2 bridgehead atoms. The van der Waals surface area contributed by atoms with Gasteiger partial charge in [-0.05, 0) is 74.2 Å². The normalized spacial score (nSPS) is 20.7. The van der Waals surface area contributed by atoms with Crippen molar-refractivity contribution in [3.8, 4) is 5.75 Å². The largest absolute Gasteiger partial charge is 0.493 e. The van der Waals surface area contributed by atoms with Gasteiger partial charge in [0.1, 0.15) is 5.75 Å². The Labute approximate surface area is 204 Å². The van der Waals surface area contributed by atoms with Crippen LogP contribution in [0.1, 0.15) is 58.4 Å². The van der Waals surface area contributed by atoms with Crippen molar-refractivity contribution in [1.82, 2.24) is 9.80 Å². The predicted octanol–water partition coefficient (Wildman–Crippen LogP) is 5.67. The van der Waals surface area contributed by atoms with Gasteiger partial charge >= 0.3 is 6.18 Å². The number of carbonyl (C=O) groups excluding carboxylic acids is 1. The summed E-state index contributed by atoms with van der Waals surface area (Å²) in [5, 5.41) is 0. The fourth-order valence-electron chi connectivity index (χ4n) is 5.32. The molecule has 0 radical (unpaired) electrons. The molecule has 3 atom stereocenters. The molecule has 2 aliphatic heterocycles. The summed E-state index contributed by atoms with van der Waals surface area (Å²) in [6.07, 6.45) is -2.83. The van der Waals surface area contributed by atoms with E-state index in [4.69, 9.17) is 11.3 Å². The monoisotopic (exact) mass is 485 g/mol. The molecule has 0 unspecified atom stereocenters. The van der Waals surface area contributed by atoms with E-state index in [0.29, 0.717) is 31.7 Å². The van der Waals surface area contributed by atoms with Crippen LogP contribution in [0.4, 0.5) is 13.2 Å². The van der Waals surface area contributed by atoms with Crippen molar-refractivity contribution in [2.45, 2.75) is 57.9 Å². The van der Waals surface area contributed by atoms with Crippen LogP contribution in [0.5, 0.6) is 5.75 Å². The molecule has 5 nitrogen and oxygen atoms in total. The van der Waals surface area contributed by atoms with E-state index in [1.54, 1.807) is 0 Å². The van der Waals surface area contributed by atoms with E-state index >= 15 is 0 Å². The van der Waals surface area contributed by atoms with Gasteiger partial charge in [0.2, 0.25) is 6.54 Å². The Kier molecular flexibility index (Phi) is 7.09. The lowest BCUT2D eigenvalue weighted by Gasteiger charge is -2.38. The maximum absolute atomic E-state index is 13.0. The van der Waals surface area contributed by atoms with Crippen molar-refractivity contribution in [1.29, 1.82) is 0 Å². The van der Waals surface area contributed by atoms with E-state index in [2.05, 4.69) is 36.6 Å². The topological polar surface area (TPSA) is 37.1 Å². The van der Waals surface area contributed by atoms with Crippen LogP contribution in [0.25, 0.3) is 4.85 Å². The van der Waals surface area contributed by atoms with Gasteiger partial charge in [-0.2, -0.15) is 13.2 Å². The molecule has 0 aromatic heterocycles. The number of hydrogen-bond acceptors (Lipinski definition) is 3. The van der Waals surface area contributed by atoms with E-state index in [9.17, 15) is 18.0 Å². The highest BCUT2D eigenvalue weighted by atomic mass is 19.4. The lowest BCUT2D eigenvalue weighted by atomic mass is 9.96. The van der Waals surface area contributed by atoms with Crippen molar-refractivity contribution in [2.24, 2.45) is 0 Å². The third-order valence-corrected chi connectivity index (χ3v) is 7.40. The van der Waals surface area contributed by atoms with Crippen LogP contribution in [0.2, 0.25) is 0 Å². The fraction of sp³-hybridized carbons (Fsp3) is 0.481. The highest BCUT2D eigenvalue weighted by molar-refractivity contribution is 5.94. The van der Waals surface area contributed by atoms with Crippen molar-refractivity contribution >= 4 is 5.91 Å². The number of piperazine rings is 1. The molecule has 186 valence electrons. The first-order valence-corrected chi connectivity index (χ1v) is 11.9. The zero-order chi connectivity index (χ0) is 25.3. The van der Waals surface area contributed by atoms with Crippen LogP contribution in [-0.4, -0.2) is 54.0 Å². The van der Waals surface area contributed by atoms with Gasteiger partial charge in [0.25, 0.3) is 5.91 Å². The lowest BCUT2D eigenvalue weighted by Crippen LogP contribution is -2.49. The third-order valence-electron chi connectivity index (χ3n) is 7.40. The summed E-state index contributed by atoms with van der Waals surface area (Å²) in [4.78, 5) is 20.6. The molecule has 2 aliphatic rings. The Morgan fingerprint density at radius 2 is 1.83 bits per heavy atom. The first-order chi connectivity index (χ1) is 16.6. The molecule has 4 rings (SSSR count). The van der Waals surface area contributed by atoms with Crippen molar-refractivity contribution in [3.05, 3.63) is 75.6 Å². The third kappa shape index (κ3) is 5.01. The highest BCUT2D eigenvalue weighted by Gasteiger charge is 2.47. The van der Waals surface area contributed by atoms with Gasteiger partial charge in [-0.1, -0.05) is 6.07 Å². The SMILES string of the molecule is [C-]#[N+]CCCOc1ccc([C@H](C)N2C[C@H]3C[C@@H]2CN3C(=O)c2ccc(C(F)(F)F)cc2)c(C)c1C. The summed E-state index contributed by atoms with van der Waals surface area (Å²) in [5.74, 6) is 0.643. The summed E-state index contributed by atoms with van der Waals surface area (Å²) in [7, 11) is 0. The van der Waals surface area contributed by atoms with Crippen LogP contribution in [-0.2, 0) is 6.18 Å². The summed E-state index contributed by atoms with van der Waals surface area (Å²) < 4.78 is 44.4. The Balaban J connectivity index is 1.41. The number of halogens is 3. The molecule has 35 heavy (non-hydrogen) atoms. The van der Waals surface area contributed by atoms with Crippen LogP contribution in [0.15, 0.2) is 36.4 Å². The van der Waals surface area contributed by atoms with Gasteiger partial charge in [0.15, 0.2) is 0 Å². The molecule has 2 heterocycles. The molecule has 2 fully saturated rings. The minimum Gasteiger partial charge on any atom is -0.493 e. The Hall–Kier alpha value is -3.05. The molecule has 2 aromatic carbocycles. The van der Waals surface area contributed by atoms with Gasteiger partial charge < -0.3 is 14.5 Å². The number of likely N-dealkylation sites (tertiary alicyclic amines) is 2. The highest BCUT2D eigenvalue weighted by Crippen LogP contribution is 2.39. The van der Waals surface area contributed by atoms with Gasteiger partial charge in [-0.3, -0.25) is 9.69 Å². The van der Waals surface area contributed by atoms with Crippen LogP contribution in [0, 0.1) is 20.4 Å². The number of fused-ring (bicyclic) bond motifs is 2. The average molecular weight is 486 g/mol. The van der Waals surface area contributed by atoms with Crippen molar-refractivity contribution in [3.63, 3.8) is 0 Å². The first kappa shape index (κ1) is 25.1. The lowest BCUT2D eigenvalue weighted by molar-refractivity contribution is -0.137. The molecule has 8 heteroatoms. The molecule has 2 aromatic rings. The molecule has 1 amide bonds. The summed E-state index contributed by atoms with van der Waals surface area (Å²) in [6.45, 7) is 15.5. The van der Waals surface area contributed by atoms with Gasteiger partial charge in [-0.15, -0.1) is 0 Å².